The molecule has 0 fully saturated rings. The van der Waals surface area contributed by atoms with Gasteiger partial charge in [-0.15, -0.1) is 0 Å². The predicted octanol–water partition coefficient (Wildman–Crippen LogP) is 2.26. The first-order chi connectivity index (χ1) is 13.9. The molecule has 1 amide bonds. The molecule has 1 aromatic heterocycles. The molecule has 150 valence electrons. The second-order valence-electron chi connectivity index (χ2n) is 6.33. The minimum absolute atomic E-state index is 0.122. The van der Waals surface area contributed by atoms with E-state index in [1.165, 1.54) is 24.4 Å². The van der Waals surface area contributed by atoms with E-state index in [2.05, 4.69) is 5.32 Å². The van der Waals surface area contributed by atoms with Crippen molar-refractivity contribution in [2.24, 2.45) is 5.73 Å². The topological polar surface area (TPSA) is 103 Å². The van der Waals surface area contributed by atoms with Crippen molar-refractivity contribution in [2.75, 3.05) is 18.5 Å². The zero-order valence-corrected chi connectivity index (χ0v) is 15.8. The van der Waals surface area contributed by atoms with E-state index in [9.17, 15) is 18.8 Å². The summed E-state index contributed by atoms with van der Waals surface area (Å²) >= 11 is 0. The summed E-state index contributed by atoms with van der Waals surface area (Å²) in [6, 6.07) is 10.7. The number of nitrogens with one attached hydrogen (secondary N) is 1. The van der Waals surface area contributed by atoms with Crippen molar-refractivity contribution in [3.05, 3.63) is 75.8 Å². The number of aromatic nitrogens is 1. The number of ether oxygens (including phenoxy) is 1. The van der Waals surface area contributed by atoms with Gasteiger partial charge in [0.25, 0.3) is 0 Å². The van der Waals surface area contributed by atoms with Crippen LogP contribution < -0.4 is 16.5 Å². The van der Waals surface area contributed by atoms with Crippen LogP contribution in [0.5, 0.6) is 0 Å². The highest BCUT2D eigenvalue weighted by Crippen LogP contribution is 2.19. The molecule has 0 aliphatic carbocycles. The second kappa shape index (κ2) is 8.66. The number of hydrogen-bond acceptors (Lipinski definition) is 5. The van der Waals surface area contributed by atoms with Gasteiger partial charge in [-0.1, -0.05) is 12.1 Å². The van der Waals surface area contributed by atoms with E-state index in [0.29, 0.717) is 17.7 Å². The number of pyridine rings is 1. The Labute approximate surface area is 165 Å². The Morgan fingerprint density at radius 2 is 1.90 bits per heavy atom. The Morgan fingerprint density at radius 1 is 1.17 bits per heavy atom. The number of amides is 1. The fourth-order valence-corrected chi connectivity index (χ4v) is 2.96. The zero-order chi connectivity index (χ0) is 21.0. The van der Waals surface area contributed by atoms with Crippen LogP contribution in [0.25, 0.3) is 10.9 Å². The lowest BCUT2D eigenvalue weighted by atomic mass is 10.1. The van der Waals surface area contributed by atoms with Crippen LogP contribution in [0.15, 0.2) is 53.5 Å². The van der Waals surface area contributed by atoms with Gasteiger partial charge < -0.3 is 20.4 Å². The monoisotopic (exact) mass is 397 g/mol. The zero-order valence-electron chi connectivity index (χ0n) is 15.8. The maximum Gasteiger partial charge on any atom is 0.343 e. The Balaban J connectivity index is 2.15. The Hall–Kier alpha value is -3.52. The van der Waals surface area contributed by atoms with Gasteiger partial charge in [-0.05, 0) is 42.8 Å². The van der Waals surface area contributed by atoms with E-state index in [-0.39, 0.29) is 29.9 Å². The summed E-state index contributed by atoms with van der Waals surface area (Å²) in [6.07, 6.45) is 1.43. The maximum atomic E-state index is 13.2. The van der Waals surface area contributed by atoms with Crippen molar-refractivity contribution in [1.82, 2.24) is 4.57 Å². The van der Waals surface area contributed by atoms with Crippen molar-refractivity contribution in [3.8, 4) is 0 Å². The molecular weight excluding hydrogens is 377 g/mol. The maximum absolute atomic E-state index is 13.2. The summed E-state index contributed by atoms with van der Waals surface area (Å²) in [4.78, 5) is 36.8. The van der Waals surface area contributed by atoms with Crippen molar-refractivity contribution in [2.45, 2.75) is 13.5 Å². The lowest BCUT2D eigenvalue weighted by Gasteiger charge is -2.14. The van der Waals surface area contributed by atoms with Crippen LogP contribution in [-0.2, 0) is 16.1 Å². The van der Waals surface area contributed by atoms with Gasteiger partial charge in [-0.3, -0.25) is 9.59 Å². The van der Waals surface area contributed by atoms with Crippen LogP contribution >= 0.6 is 0 Å². The minimum atomic E-state index is -0.733. The third kappa shape index (κ3) is 4.49. The van der Waals surface area contributed by atoms with Gasteiger partial charge in [0.15, 0.2) is 0 Å². The number of benzene rings is 2. The molecule has 0 saturated heterocycles. The Bertz CT molecular complexity index is 1120. The van der Waals surface area contributed by atoms with Crippen molar-refractivity contribution >= 4 is 28.5 Å². The van der Waals surface area contributed by atoms with Crippen molar-refractivity contribution in [3.63, 3.8) is 0 Å². The summed E-state index contributed by atoms with van der Waals surface area (Å²) < 4.78 is 19.9. The Morgan fingerprint density at radius 3 is 2.55 bits per heavy atom. The highest BCUT2D eigenvalue weighted by atomic mass is 19.1. The predicted molar refractivity (Wildman–Crippen MR) is 107 cm³/mol. The van der Waals surface area contributed by atoms with Crippen LogP contribution in [0.4, 0.5) is 10.1 Å². The minimum Gasteiger partial charge on any atom is -0.462 e. The molecule has 1 heterocycles. The molecule has 3 rings (SSSR count). The molecule has 8 heteroatoms. The van der Waals surface area contributed by atoms with Gasteiger partial charge >= 0.3 is 5.97 Å². The number of esters is 1. The first-order valence-electron chi connectivity index (χ1n) is 9.01. The molecule has 3 aromatic rings. The lowest BCUT2D eigenvalue weighted by molar-refractivity contribution is -0.114. The van der Waals surface area contributed by atoms with E-state index >= 15 is 0 Å². The molecule has 0 radical (unpaired) electrons. The van der Waals surface area contributed by atoms with Gasteiger partial charge in [0, 0.05) is 23.8 Å². The lowest BCUT2D eigenvalue weighted by Crippen LogP contribution is -2.23. The molecule has 0 aliphatic heterocycles. The van der Waals surface area contributed by atoms with Crippen LogP contribution in [0, 0.1) is 5.82 Å². The highest BCUT2D eigenvalue weighted by Gasteiger charge is 2.17. The molecule has 0 unspecified atom stereocenters. The molecule has 0 atom stereocenters. The fraction of sp³-hybridized carbons (Fsp3) is 0.190. The normalized spacial score (nSPS) is 10.7. The number of carbonyl (C=O) groups excluding carboxylic acids is 2. The molecular formula is C21H20FN3O4. The summed E-state index contributed by atoms with van der Waals surface area (Å²) in [6.45, 7) is 1.88. The standard InChI is InChI=1S/C21H20FN3O4/c1-2-29-21(28)17-12-25(11-13-3-5-14(22)6-4-13)18-8-7-15(24-19(26)10-23)9-16(18)20(17)27/h3-9,12H,2,10-11,23H2,1H3,(H,24,26). The summed E-state index contributed by atoms with van der Waals surface area (Å²) in [5.41, 5.74) is 6.42. The van der Waals surface area contributed by atoms with E-state index in [4.69, 9.17) is 10.5 Å². The Kier molecular flexibility index (Phi) is 6.04. The van der Waals surface area contributed by atoms with E-state index in [1.54, 1.807) is 35.8 Å². The van der Waals surface area contributed by atoms with Gasteiger partial charge in [-0.25, -0.2) is 9.18 Å². The SMILES string of the molecule is CCOC(=O)c1cn(Cc2ccc(F)cc2)c2ccc(NC(=O)CN)cc2c1=O. The van der Waals surface area contributed by atoms with Gasteiger partial charge in [0.2, 0.25) is 11.3 Å². The molecule has 3 N–H and O–H groups in total. The van der Waals surface area contributed by atoms with Gasteiger partial charge in [0.1, 0.15) is 11.4 Å². The second-order valence-corrected chi connectivity index (χ2v) is 6.33. The summed E-state index contributed by atoms with van der Waals surface area (Å²) in [7, 11) is 0. The third-order valence-corrected chi connectivity index (χ3v) is 4.31. The number of nitrogens with two attached hydrogens (primary N) is 1. The average Bonchev–Trinajstić information content (AvgIpc) is 2.71. The highest BCUT2D eigenvalue weighted by molar-refractivity contribution is 5.97. The molecule has 7 nitrogen and oxygen atoms in total. The van der Waals surface area contributed by atoms with Crippen LogP contribution in [-0.4, -0.2) is 29.6 Å². The number of halogens is 1. The van der Waals surface area contributed by atoms with Gasteiger partial charge in [-0.2, -0.15) is 0 Å². The largest absolute Gasteiger partial charge is 0.462 e. The number of rotatable bonds is 6. The first-order valence-corrected chi connectivity index (χ1v) is 9.01. The van der Waals surface area contributed by atoms with Gasteiger partial charge in [0.05, 0.1) is 18.7 Å². The average molecular weight is 397 g/mol. The number of carbonyl (C=O) groups is 2. The first kappa shape index (κ1) is 20.2. The van der Waals surface area contributed by atoms with Crippen LogP contribution in [0.1, 0.15) is 22.8 Å². The summed E-state index contributed by atoms with van der Waals surface area (Å²) in [5.74, 6) is -1.49. The van der Waals surface area contributed by atoms with E-state index < -0.39 is 17.3 Å². The fourth-order valence-electron chi connectivity index (χ4n) is 2.96. The molecule has 2 aromatic carbocycles. The number of fused-ring (bicyclic) bond motifs is 1. The van der Waals surface area contributed by atoms with Crippen molar-refractivity contribution < 1.29 is 18.7 Å². The number of nitrogens with zero attached hydrogens (tertiary/aromatic N) is 1. The molecule has 0 bridgehead atoms. The molecule has 0 aliphatic rings. The smallest absolute Gasteiger partial charge is 0.343 e. The number of hydrogen-bond donors (Lipinski definition) is 2. The molecule has 0 spiro atoms. The third-order valence-electron chi connectivity index (χ3n) is 4.31. The van der Waals surface area contributed by atoms with Crippen LogP contribution in [0.2, 0.25) is 0 Å². The van der Waals surface area contributed by atoms with E-state index in [1.807, 2.05) is 0 Å². The quantitative estimate of drug-likeness (QED) is 0.621. The molecule has 0 saturated carbocycles. The number of anilines is 1. The van der Waals surface area contributed by atoms with Crippen molar-refractivity contribution in [1.29, 1.82) is 0 Å². The summed E-state index contributed by atoms with van der Waals surface area (Å²) in [5, 5.41) is 2.83. The van der Waals surface area contributed by atoms with Crippen LogP contribution in [0.3, 0.4) is 0 Å². The van der Waals surface area contributed by atoms with E-state index in [0.717, 1.165) is 5.56 Å². The molecule has 29 heavy (non-hydrogen) atoms.